The van der Waals surface area contributed by atoms with Crippen LogP contribution in [-0.4, -0.2) is 32.2 Å². The second-order valence-corrected chi connectivity index (χ2v) is 5.60. The predicted molar refractivity (Wildman–Crippen MR) is 90.7 cm³/mol. The van der Waals surface area contributed by atoms with Crippen LogP contribution in [0.4, 0.5) is 5.82 Å². The smallest absolute Gasteiger partial charge is 0.257 e. The van der Waals surface area contributed by atoms with Gasteiger partial charge in [-0.25, -0.2) is 4.98 Å². The summed E-state index contributed by atoms with van der Waals surface area (Å²) in [5.41, 5.74) is 1.23. The van der Waals surface area contributed by atoms with Gasteiger partial charge in [0.15, 0.2) is 11.5 Å². The Bertz CT molecular complexity index is 709. The molecule has 0 saturated heterocycles. The van der Waals surface area contributed by atoms with E-state index in [2.05, 4.69) is 26.2 Å². The van der Waals surface area contributed by atoms with E-state index in [1.54, 1.807) is 18.3 Å². The van der Waals surface area contributed by atoms with Crippen molar-refractivity contribution in [3.63, 3.8) is 0 Å². The Balaban J connectivity index is 2.35. The number of methoxy groups -OCH3 is 3. The van der Waals surface area contributed by atoms with Crippen molar-refractivity contribution in [2.75, 3.05) is 26.6 Å². The van der Waals surface area contributed by atoms with E-state index in [9.17, 15) is 4.79 Å². The van der Waals surface area contributed by atoms with Crippen LogP contribution >= 0.6 is 15.9 Å². The molecule has 0 fully saturated rings. The summed E-state index contributed by atoms with van der Waals surface area (Å²) in [6.07, 6.45) is 1.62. The van der Waals surface area contributed by atoms with Crippen LogP contribution in [0.3, 0.4) is 0 Å². The highest BCUT2D eigenvalue weighted by Gasteiger charge is 2.17. The van der Waals surface area contributed by atoms with E-state index in [1.807, 2.05) is 13.0 Å². The minimum Gasteiger partial charge on any atom is -0.493 e. The lowest BCUT2D eigenvalue weighted by atomic mass is 10.1. The minimum atomic E-state index is -0.317. The van der Waals surface area contributed by atoms with Crippen LogP contribution in [-0.2, 0) is 0 Å². The molecule has 0 unspecified atom stereocenters. The van der Waals surface area contributed by atoms with Crippen molar-refractivity contribution in [3.05, 3.63) is 40.0 Å². The van der Waals surface area contributed by atoms with E-state index in [4.69, 9.17) is 14.2 Å². The van der Waals surface area contributed by atoms with Crippen LogP contribution in [0, 0.1) is 6.92 Å². The Kier molecular flexibility index (Phi) is 5.44. The number of anilines is 1. The first-order chi connectivity index (χ1) is 11.0. The molecule has 1 heterocycles. The van der Waals surface area contributed by atoms with E-state index >= 15 is 0 Å². The van der Waals surface area contributed by atoms with E-state index in [0.717, 1.165) is 10.0 Å². The standard InChI is InChI=1S/C16H17BrN2O4/c1-9-5-11(17)8-18-15(9)19-16(20)10-6-12(21-2)14(23-4)13(7-10)22-3/h5-8H,1-4H3,(H,18,19,20). The second-order valence-electron chi connectivity index (χ2n) is 4.69. The van der Waals surface area contributed by atoms with E-state index < -0.39 is 0 Å². The molecule has 0 saturated carbocycles. The Morgan fingerprint density at radius 2 is 1.70 bits per heavy atom. The van der Waals surface area contributed by atoms with Gasteiger partial charge in [0.1, 0.15) is 5.82 Å². The van der Waals surface area contributed by atoms with Crippen LogP contribution < -0.4 is 19.5 Å². The monoisotopic (exact) mass is 380 g/mol. The van der Waals surface area contributed by atoms with Gasteiger partial charge < -0.3 is 19.5 Å². The number of benzene rings is 1. The first kappa shape index (κ1) is 17.1. The Labute approximate surface area is 142 Å². The Morgan fingerprint density at radius 1 is 1.09 bits per heavy atom. The average molecular weight is 381 g/mol. The van der Waals surface area contributed by atoms with E-state index in [-0.39, 0.29) is 5.91 Å². The summed E-state index contributed by atoms with van der Waals surface area (Å²) in [4.78, 5) is 16.7. The van der Waals surface area contributed by atoms with Crippen molar-refractivity contribution in [3.8, 4) is 17.2 Å². The number of hydrogen-bond acceptors (Lipinski definition) is 5. The second kappa shape index (κ2) is 7.32. The van der Waals surface area contributed by atoms with Crippen molar-refractivity contribution < 1.29 is 19.0 Å². The molecule has 0 atom stereocenters. The van der Waals surface area contributed by atoms with Crippen LogP contribution in [0.1, 0.15) is 15.9 Å². The molecule has 0 spiro atoms. The van der Waals surface area contributed by atoms with Gasteiger partial charge in [0, 0.05) is 16.2 Å². The molecule has 0 aliphatic heterocycles. The van der Waals surface area contributed by atoms with Crippen LogP contribution in [0.25, 0.3) is 0 Å². The molecule has 1 amide bonds. The zero-order valence-corrected chi connectivity index (χ0v) is 14.9. The molecule has 6 nitrogen and oxygen atoms in total. The molecule has 2 aromatic rings. The number of pyridine rings is 1. The number of rotatable bonds is 5. The number of hydrogen-bond donors (Lipinski definition) is 1. The Morgan fingerprint density at radius 3 is 2.17 bits per heavy atom. The summed E-state index contributed by atoms with van der Waals surface area (Å²) in [5.74, 6) is 1.44. The fourth-order valence-corrected chi connectivity index (χ4v) is 2.51. The topological polar surface area (TPSA) is 69.7 Å². The highest BCUT2D eigenvalue weighted by molar-refractivity contribution is 9.10. The maximum Gasteiger partial charge on any atom is 0.257 e. The zero-order chi connectivity index (χ0) is 17.0. The number of carbonyl (C=O) groups is 1. The van der Waals surface area contributed by atoms with Crippen LogP contribution in [0.2, 0.25) is 0 Å². The summed E-state index contributed by atoms with van der Waals surface area (Å²) >= 11 is 3.34. The molecule has 122 valence electrons. The number of ether oxygens (including phenoxy) is 3. The largest absolute Gasteiger partial charge is 0.493 e. The van der Waals surface area contributed by atoms with Gasteiger partial charge in [0.25, 0.3) is 5.91 Å². The van der Waals surface area contributed by atoms with Crippen molar-refractivity contribution >= 4 is 27.7 Å². The third-order valence-corrected chi connectivity index (χ3v) is 3.64. The van der Waals surface area contributed by atoms with Crippen molar-refractivity contribution in [2.45, 2.75) is 6.92 Å². The van der Waals surface area contributed by atoms with Gasteiger partial charge in [-0.1, -0.05) is 0 Å². The number of halogens is 1. The van der Waals surface area contributed by atoms with Crippen molar-refractivity contribution in [2.24, 2.45) is 0 Å². The fourth-order valence-electron chi connectivity index (χ4n) is 2.06. The molecule has 0 radical (unpaired) electrons. The molecule has 0 bridgehead atoms. The molecular formula is C16H17BrN2O4. The molecule has 1 aromatic carbocycles. The molecule has 2 rings (SSSR count). The average Bonchev–Trinajstić information content (AvgIpc) is 2.55. The maximum atomic E-state index is 12.5. The maximum absolute atomic E-state index is 12.5. The minimum absolute atomic E-state index is 0.317. The van der Waals surface area contributed by atoms with Crippen LogP contribution in [0.15, 0.2) is 28.9 Å². The van der Waals surface area contributed by atoms with Crippen molar-refractivity contribution in [1.29, 1.82) is 0 Å². The number of nitrogens with one attached hydrogen (secondary N) is 1. The third-order valence-electron chi connectivity index (χ3n) is 3.20. The van der Waals surface area contributed by atoms with Crippen molar-refractivity contribution in [1.82, 2.24) is 4.98 Å². The lowest BCUT2D eigenvalue weighted by Gasteiger charge is -2.14. The Hall–Kier alpha value is -2.28. The lowest BCUT2D eigenvalue weighted by molar-refractivity contribution is 0.102. The van der Waals surface area contributed by atoms with Gasteiger partial charge >= 0.3 is 0 Å². The quantitative estimate of drug-likeness (QED) is 0.860. The van der Waals surface area contributed by atoms with Gasteiger partial charge in [-0.3, -0.25) is 4.79 Å². The van der Waals surface area contributed by atoms with Gasteiger partial charge in [0.05, 0.1) is 21.3 Å². The molecule has 1 aromatic heterocycles. The summed E-state index contributed by atoms with van der Waals surface area (Å²) in [5, 5.41) is 2.77. The SMILES string of the molecule is COc1cc(C(=O)Nc2ncc(Br)cc2C)cc(OC)c1OC. The molecule has 23 heavy (non-hydrogen) atoms. The van der Waals surface area contributed by atoms with Gasteiger partial charge in [-0.05, 0) is 46.6 Å². The van der Waals surface area contributed by atoms with E-state index in [1.165, 1.54) is 21.3 Å². The number of carbonyl (C=O) groups excluding carboxylic acids is 1. The predicted octanol–water partition coefficient (Wildman–Crippen LogP) is 3.43. The summed E-state index contributed by atoms with van der Waals surface area (Å²) in [7, 11) is 4.51. The lowest BCUT2D eigenvalue weighted by Crippen LogP contribution is -2.14. The number of aromatic nitrogens is 1. The fraction of sp³-hybridized carbons (Fsp3) is 0.250. The highest BCUT2D eigenvalue weighted by atomic mass is 79.9. The normalized spacial score (nSPS) is 10.1. The summed E-state index contributed by atoms with van der Waals surface area (Å²) in [6, 6.07) is 5.05. The molecule has 1 N–H and O–H groups in total. The first-order valence-corrected chi connectivity index (χ1v) is 7.53. The van der Waals surface area contributed by atoms with Crippen LogP contribution in [0.5, 0.6) is 17.2 Å². The van der Waals surface area contributed by atoms with Gasteiger partial charge in [-0.15, -0.1) is 0 Å². The first-order valence-electron chi connectivity index (χ1n) is 6.73. The molecular weight excluding hydrogens is 364 g/mol. The molecule has 7 heteroatoms. The molecule has 0 aliphatic rings. The zero-order valence-electron chi connectivity index (χ0n) is 13.3. The van der Waals surface area contributed by atoms with Gasteiger partial charge in [-0.2, -0.15) is 0 Å². The van der Waals surface area contributed by atoms with Gasteiger partial charge in [0.2, 0.25) is 5.75 Å². The number of amides is 1. The third kappa shape index (κ3) is 3.73. The highest BCUT2D eigenvalue weighted by Crippen LogP contribution is 2.38. The summed E-state index contributed by atoms with van der Waals surface area (Å²) in [6.45, 7) is 1.86. The number of aryl methyl sites for hydroxylation is 1. The molecule has 0 aliphatic carbocycles. The summed E-state index contributed by atoms with van der Waals surface area (Å²) < 4.78 is 16.6. The number of nitrogens with zero attached hydrogens (tertiary/aromatic N) is 1. The van der Waals surface area contributed by atoms with E-state index in [0.29, 0.717) is 28.6 Å².